The van der Waals surface area contributed by atoms with E-state index in [1.165, 1.54) is 11.8 Å². The van der Waals surface area contributed by atoms with Gasteiger partial charge in [-0.1, -0.05) is 42.1 Å². The molecule has 0 amide bonds. The Kier molecular flexibility index (Phi) is 4.12. The van der Waals surface area contributed by atoms with E-state index in [1.54, 1.807) is 30.5 Å². The van der Waals surface area contributed by atoms with E-state index in [2.05, 4.69) is 4.98 Å². The van der Waals surface area contributed by atoms with Crippen molar-refractivity contribution in [3.63, 3.8) is 0 Å². The molecule has 2 N–H and O–H groups in total. The van der Waals surface area contributed by atoms with Gasteiger partial charge < -0.3 is 5.73 Å². The minimum atomic E-state index is -0.0952. The van der Waals surface area contributed by atoms with Crippen molar-refractivity contribution in [2.45, 2.75) is 17.3 Å². The number of thioether (sulfide) groups is 1. The molecule has 2 aromatic rings. The molecule has 18 heavy (non-hydrogen) atoms. The first-order valence-electron chi connectivity index (χ1n) is 5.65. The number of carbonyl (C=O) groups excluding carboxylic acids is 1. The van der Waals surface area contributed by atoms with Crippen molar-refractivity contribution in [2.75, 3.05) is 0 Å². The Hall–Kier alpha value is -1.65. The number of aromatic nitrogens is 1. The fourth-order valence-corrected chi connectivity index (χ4v) is 2.34. The van der Waals surface area contributed by atoms with Crippen LogP contribution >= 0.6 is 11.8 Å². The van der Waals surface area contributed by atoms with Crippen molar-refractivity contribution in [3.05, 3.63) is 59.8 Å². The Morgan fingerprint density at radius 2 is 1.94 bits per heavy atom. The SMILES string of the molecule is CC(N)Sc1ncccc1C(=O)c1ccccc1. The minimum Gasteiger partial charge on any atom is -0.319 e. The molecule has 0 fully saturated rings. The number of nitrogens with two attached hydrogens (primary N) is 1. The summed E-state index contributed by atoms with van der Waals surface area (Å²) in [5.74, 6) is -0.0214. The maximum atomic E-state index is 12.4. The van der Waals surface area contributed by atoms with E-state index in [0.29, 0.717) is 16.2 Å². The number of nitrogens with zero attached hydrogens (tertiary/aromatic N) is 1. The van der Waals surface area contributed by atoms with Crippen molar-refractivity contribution in [2.24, 2.45) is 5.73 Å². The van der Waals surface area contributed by atoms with Gasteiger partial charge in [0, 0.05) is 11.8 Å². The topological polar surface area (TPSA) is 56.0 Å². The van der Waals surface area contributed by atoms with Gasteiger partial charge in [0.1, 0.15) is 5.03 Å². The fraction of sp³-hybridized carbons (Fsp3) is 0.143. The van der Waals surface area contributed by atoms with E-state index >= 15 is 0 Å². The third kappa shape index (κ3) is 2.97. The molecule has 2 rings (SSSR count). The molecule has 0 aliphatic carbocycles. The molecular weight excluding hydrogens is 244 g/mol. The number of carbonyl (C=O) groups is 1. The third-order valence-corrected chi connectivity index (χ3v) is 3.27. The van der Waals surface area contributed by atoms with Gasteiger partial charge in [-0.05, 0) is 19.1 Å². The highest BCUT2D eigenvalue weighted by Crippen LogP contribution is 2.24. The third-order valence-electron chi connectivity index (χ3n) is 2.35. The fourth-order valence-electron chi connectivity index (χ4n) is 1.58. The quantitative estimate of drug-likeness (QED) is 0.520. The molecule has 1 aromatic carbocycles. The second-order valence-electron chi connectivity index (χ2n) is 3.87. The number of benzene rings is 1. The van der Waals surface area contributed by atoms with Crippen molar-refractivity contribution >= 4 is 17.5 Å². The number of hydrogen-bond donors (Lipinski definition) is 1. The summed E-state index contributed by atoms with van der Waals surface area (Å²) in [4.78, 5) is 16.6. The molecule has 1 unspecified atom stereocenters. The second kappa shape index (κ2) is 5.80. The Morgan fingerprint density at radius 1 is 1.22 bits per heavy atom. The van der Waals surface area contributed by atoms with Crippen LogP contribution in [0.5, 0.6) is 0 Å². The van der Waals surface area contributed by atoms with E-state index in [0.717, 1.165) is 0 Å². The molecule has 1 aromatic heterocycles. The van der Waals surface area contributed by atoms with Gasteiger partial charge in [0.2, 0.25) is 0 Å². The summed E-state index contributed by atoms with van der Waals surface area (Å²) >= 11 is 1.39. The van der Waals surface area contributed by atoms with Crippen LogP contribution in [0.15, 0.2) is 53.7 Å². The summed E-state index contributed by atoms with van der Waals surface area (Å²) in [6, 6.07) is 12.7. The Bertz CT molecular complexity index is 541. The number of ketones is 1. The van der Waals surface area contributed by atoms with Gasteiger partial charge >= 0.3 is 0 Å². The monoisotopic (exact) mass is 258 g/mol. The lowest BCUT2D eigenvalue weighted by molar-refractivity contribution is 0.103. The van der Waals surface area contributed by atoms with Crippen LogP contribution in [0.25, 0.3) is 0 Å². The largest absolute Gasteiger partial charge is 0.319 e. The molecule has 0 spiro atoms. The predicted molar refractivity (Wildman–Crippen MR) is 73.6 cm³/mol. The van der Waals surface area contributed by atoms with Crippen LogP contribution in [-0.4, -0.2) is 16.1 Å². The summed E-state index contributed by atoms with van der Waals surface area (Å²) in [5, 5.41) is 0.587. The summed E-state index contributed by atoms with van der Waals surface area (Å²) < 4.78 is 0. The van der Waals surface area contributed by atoms with E-state index < -0.39 is 0 Å². The summed E-state index contributed by atoms with van der Waals surface area (Å²) in [6.45, 7) is 1.87. The van der Waals surface area contributed by atoms with Gasteiger partial charge in [-0.3, -0.25) is 4.79 Å². The maximum Gasteiger partial charge on any atom is 0.195 e. The van der Waals surface area contributed by atoms with Crippen LogP contribution in [0.4, 0.5) is 0 Å². The number of hydrogen-bond acceptors (Lipinski definition) is 4. The van der Waals surface area contributed by atoms with Crippen molar-refractivity contribution < 1.29 is 4.79 Å². The molecular formula is C14H14N2OS. The Morgan fingerprint density at radius 3 is 2.61 bits per heavy atom. The minimum absolute atomic E-state index is 0.0214. The van der Waals surface area contributed by atoms with Crippen LogP contribution in [0.1, 0.15) is 22.8 Å². The zero-order valence-corrected chi connectivity index (χ0v) is 10.9. The summed E-state index contributed by atoms with van der Waals surface area (Å²) in [7, 11) is 0. The average molecular weight is 258 g/mol. The van der Waals surface area contributed by atoms with Crippen LogP contribution in [0.2, 0.25) is 0 Å². The van der Waals surface area contributed by atoms with E-state index in [-0.39, 0.29) is 11.2 Å². The predicted octanol–water partition coefficient (Wildman–Crippen LogP) is 2.71. The highest BCUT2D eigenvalue weighted by atomic mass is 32.2. The molecule has 0 saturated carbocycles. The molecule has 4 heteroatoms. The first kappa shape index (κ1) is 12.8. The molecule has 1 atom stereocenters. The number of rotatable bonds is 4. The standard InChI is InChI=1S/C14H14N2OS/c1-10(15)18-14-12(8-5-9-16-14)13(17)11-6-3-2-4-7-11/h2-10H,15H2,1H3. The first-order valence-corrected chi connectivity index (χ1v) is 6.53. The molecule has 0 aliphatic rings. The zero-order valence-electron chi connectivity index (χ0n) is 10.0. The van der Waals surface area contributed by atoms with Gasteiger partial charge in [-0.15, -0.1) is 0 Å². The van der Waals surface area contributed by atoms with Gasteiger partial charge in [0.25, 0.3) is 0 Å². The van der Waals surface area contributed by atoms with Crippen molar-refractivity contribution in [1.82, 2.24) is 4.98 Å². The smallest absolute Gasteiger partial charge is 0.195 e. The van der Waals surface area contributed by atoms with Gasteiger partial charge in [-0.2, -0.15) is 0 Å². The van der Waals surface area contributed by atoms with Crippen LogP contribution < -0.4 is 5.73 Å². The molecule has 1 heterocycles. The molecule has 92 valence electrons. The van der Waals surface area contributed by atoms with Crippen molar-refractivity contribution in [1.29, 1.82) is 0 Å². The van der Waals surface area contributed by atoms with Gasteiger partial charge in [0.15, 0.2) is 5.78 Å². The molecule has 3 nitrogen and oxygen atoms in total. The summed E-state index contributed by atoms with van der Waals surface area (Å²) in [5.41, 5.74) is 7.01. The lowest BCUT2D eigenvalue weighted by Crippen LogP contribution is -2.12. The average Bonchev–Trinajstić information content (AvgIpc) is 2.39. The van der Waals surface area contributed by atoms with Crippen LogP contribution in [0.3, 0.4) is 0 Å². The van der Waals surface area contributed by atoms with Gasteiger partial charge in [0.05, 0.1) is 10.9 Å². The second-order valence-corrected chi connectivity index (χ2v) is 5.24. The first-order chi connectivity index (χ1) is 8.68. The lowest BCUT2D eigenvalue weighted by Gasteiger charge is -2.09. The maximum absolute atomic E-state index is 12.4. The molecule has 0 radical (unpaired) electrons. The highest BCUT2D eigenvalue weighted by Gasteiger charge is 2.15. The van der Waals surface area contributed by atoms with E-state index in [9.17, 15) is 4.79 Å². The van der Waals surface area contributed by atoms with E-state index in [4.69, 9.17) is 5.73 Å². The van der Waals surface area contributed by atoms with Crippen LogP contribution in [0, 0.1) is 0 Å². The normalized spacial score (nSPS) is 12.1. The molecule has 0 saturated heterocycles. The Labute approximate surface area is 110 Å². The van der Waals surface area contributed by atoms with Crippen molar-refractivity contribution in [3.8, 4) is 0 Å². The summed E-state index contributed by atoms with van der Waals surface area (Å²) in [6.07, 6.45) is 1.67. The highest BCUT2D eigenvalue weighted by molar-refractivity contribution is 7.99. The lowest BCUT2D eigenvalue weighted by atomic mass is 10.1. The van der Waals surface area contributed by atoms with E-state index in [1.807, 2.05) is 25.1 Å². The number of pyridine rings is 1. The Balaban J connectivity index is 2.36. The van der Waals surface area contributed by atoms with Gasteiger partial charge in [-0.25, -0.2) is 4.98 Å². The molecule has 0 aliphatic heterocycles. The zero-order chi connectivity index (χ0) is 13.0. The van der Waals surface area contributed by atoms with Crippen LogP contribution in [-0.2, 0) is 0 Å². The molecule has 0 bridgehead atoms.